The SMILES string of the molecule is C[C@H](N)C(=O)N/N=C\c1ccc2nccnc2c1. The summed E-state index contributed by atoms with van der Waals surface area (Å²) in [6.45, 7) is 1.59. The van der Waals surface area contributed by atoms with Gasteiger partial charge in [0.1, 0.15) is 0 Å². The van der Waals surface area contributed by atoms with E-state index in [1.54, 1.807) is 19.3 Å². The number of rotatable bonds is 3. The second-order valence-corrected chi connectivity index (χ2v) is 3.83. The molecule has 0 bridgehead atoms. The molecule has 6 nitrogen and oxygen atoms in total. The number of hydrogen-bond acceptors (Lipinski definition) is 5. The van der Waals surface area contributed by atoms with E-state index in [2.05, 4.69) is 20.5 Å². The average Bonchev–Trinajstić information content (AvgIpc) is 2.38. The minimum atomic E-state index is -0.579. The highest BCUT2D eigenvalue weighted by Gasteiger charge is 2.04. The lowest BCUT2D eigenvalue weighted by Crippen LogP contribution is -2.35. The first-order valence-corrected chi connectivity index (χ1v) is 5.46. The second kappa shape index (κ2) is 5.33. The van der Waals surface area contributed by atoms with Gasteiger partial charge in [-0.25, -0.2) is 5.43 Å². The highest BCUT2D eigenvalue weighted by atomic mass is 16.2. The predicted octanol–water partition coefficient (Wildman–Crippen LogP) is 0.427. The van der Waals surface area contributed by atoms with Crippen molar-refractivity contribution in [2.24, 2.45) is 10.8 Å². The molecule has 0 spiro atoms. The van der Waals surface area contributed by atoms with Crippen molar-refractivity contribution in [3.63, 3.8) is 0 Å². The Morgan fingerprint density at radius 1 is 1.39 bits per heavy atom. The number of carbonyl (C=O) groups is 1. The molecule has 1 heterocycles. The van der Waals surface area contributed by atoms with Crippen LogP contribution in [0.15, 0.2) is 35.7 Å². The van der Waals surface area contributed by atoms with Gasteiger partial charge in [-0.15, -0.1) is 0 Å². The van der Waals surface area contributed by atoms with Crippen LogP contribution in [0.4, 0.5) is 0 Å². The van der Waals surface area contributed by atoms with Gasteiger partial charge in [0.15, 0.2) is 0 Å². The van der Waals surface area contributed by atoms with Crippen molar-refractivity contribution >= 4 is 23.2 Å². The largest absolute Gasteiger partial charge is 0.320 e. The van der Waals surface area contributed by atoms with E-state index in [-0.39, 0.29) is 5.91 Å². The number of nitrogens with one attached hydrogen (secondary N) is 1. The van der Waals surface area contributed by atoms with E-state index in [9.17, 15) is 4.79 Å². The normalized spacial score (nSPS) is 12.8. The van der Waals surface area contributed by atoms with Crippen LogP contribution < -0.4 is 11.2 Å². The molecule has 0 aliphatic carbocycles. The van der Waals surface area contributed by atoms with Crippen LogP contribution in [-0.2, 0) is 4.79 Å². The predicted molar refractivity (Wildman–Crippen MR) is 68.9 cm³/mol. The van der Waals surface area contributed by atoms with Crippen LogP contribution in [0.1, 0.15) is 12.5 Å². The average molecular weight is 243 g/mol. The van der Waals surface area contributed by atoms with E-state index < -0.39 is 6.04 Å². The summed E-state index contributed by atoms with van der Waals surface area (Å²) in [6, 6.07) is 4.95. The molecule has 6 heteroatoms. The number of carbonyl (C=O) groups excluding carboxylic acids is 1. The van der Waals surface area contributed by atoms with Crippen molar-refractivity contribution in [3.8, 4) is 0 Å². The highest BCUT2D eigenvalue weighted by molar-refractivity contribution is 5.88. The zero-order chi connectivity index (χ0) is 13.0. The Morgan fingerprint density at radius 2 is 2.11 bits per heavy atom. The Bertz CT molecular complexity index is 594. The summed E-state index contributed by atoms with van der Waals surface area (Å²) in [7, 11) is 0. The summed E-state index contributed by atoms with van der Waals surface area (Å²) in [5.41, 5.74) is 10.2. The van der Waals surface area contributed by atoms with Gasteiger partial charge in [0, 0.05) is 12.4 Å². The molecule has 3 N–H and O–H groups in total. The van der Waals surface area contributed by atoms with E-state index >= 15 is 0 Å². The van der Waals surface area contributed by atoms with Crippen molar-refractivity contribution in [3.05, 3.63) is 36.2 Å². The van der Waals surface area contributed by atoms with Gasteiger partial charge in [-0.1, -0.05) is 6.07 Å². The van der Waals surface area contributed by atoms with Gasteiger partial charge in [-0.2, -0.15) is 5.10 Å². The van der Waals surface area contributed by atoms with Crippen molar-refractivity contribution in [2.75, 3.05) is 0 Å². The Labute approximate surface area is 104 Å². The summed E-state index contributed by atoms with van der Waals surface area (Å²) >= 11 is 0. The quantitative estimate of drug-likeness (QED) is 0.603. The molecule has 92 valence electrons. The maximum absolute atomic E-state index is 11.2. The molecule has 1 amide bonds. The van der Waals surface area contributed by atoms with E-state index in [0.29, 0.717) is 0 Å². The van der Waals surface area contributed by atoms with Crippen molar-refractivity contribution < 1.29 is 4.79 Å². The number of nitrogens with zero attached hydrogens (tertiary/aromatic N) is 3. The lowest BCUT2D eigenvalue weighted by molar-refractivity contribution is -0.121. The Kier molecular flexibility index (Phi) is 3.59. The first-order valence-electron chi connectivity index (χ1n) is 5.46. The van der Waals surface area contributed by atoms with Crippen molar-refractivity contribution in [1.29, 1.82) is 0 Å². The fourth-order valence-electron chi connectivity index (χ4n) is 1.33. The van der Waals surface area contributed by atoms with E-state index in [0.717, 1.165) is 16.6 Å². The molecule has 0 fully saturated rings. The molecule has 0 saturated carbocycles. The van der Waals surface area contributed by atoms with Crippen LogP contribution >= 0.6 is 0 Å². The molecule has 0 aliphatic rings. The van der Waals surface area contributed by atoms with Crippen LogP contribution in [0.3, 0.4) is 0 Å². The third-order valence-corrected chi connectivity index (χ3v) is 2.30. The molecule has 1 atom stereocenters. The number of nitrogens with two attached hydrogens (primary N) is 1. The van der Waals surface area contributed by atoms with Gasteiger partial charge in [-0.3, -0.25) is 14.8 Å². The third-order valence-electron chi connectivity index (χ3n) is 2.30. The zero-order valence-electron chi connectivity index (χ0n) is 9.87. The lowest BCUT2D eigenvalue weighted by Gasteiger charge is -2.01. The Morgan fingerprint density at radius 3 is 2.83 bits per heavy atom. The molecular formula is C12H13N5O. The summed E-state index contributed by atoms with van der Waals surface area (Å²) < 4.78 is 0. The second-order valence-electron chi connectivity index (χ2n) is 3.83. The topological polar surface area (TPSA) is 93.3 Å². The zero-order valence-corrected chi connectivity index (χ0v) is 9.87. The minimum absolute atomic E-state index is 0.327. The molecule has 1 aromatic carbocycles. The fourth-order valence-corrected chi connectivity index (χ4v) is 1.33. The van der Waals surface area contributed by atoms with Crippen LogP contribution in [0.5, 0.6) is 0 Å². The first-order chi connectivity index (χ1) is 8.66. The van der Waals surface area contributed by atoms with Crippen LogP contribution in [0.25, 0.3) is 11.0 Å². The summed E-state index contributed by atoms with van der Waals surface area (Å²) in [4.78, 5) is 19.5. The molecular weight excluding hydrogens is 230 g/mol. The van der Waals surface area contributed by atoms with E-state index in [1.807, 2.05) is 18.2 Å². The van der Waals surface area contributed by atoms with Gasteiger partial charge in [0.25, 0.3) is 5.91 Å². The Hall–Kier alpha value is -2.34. The first kappa shape index (κ1) is 12.1. The number of hydrogen-bond donors (Lipinski definition) is 2. The molecule has 0 saturated heterocycles. The molecule has 0 radical (unpaired) electrons. The summed E-state index contributed by atoms with van der Waals surface area (Å²) in [5, 5.41) is 3.82. The number of fused-ring (bicyclic) bond motifs is 1. The number of amides is 1. The van der Waals surface area contributed by atoms with Gasteiger partial charge in [0.2, 0.25) is 0 Å². The standard InChI is InChI=1S/C12H13N5O/c1-8(13)12(18)17-16-7-9-2-3-10-11(6-9)15-5-4-14-10/h2-8H,13H2,1H3,(H,17,18)/b16-7-/t8-/m0/s1. The molecule has 2 aromatic rings. The number of aromatic nitrogens is 2. The smallest absolute Gasteiger partial charge is 0.256 e. The lowest BCUT2D eigenvalue weighted by atomic mass is 10.2. The maximum Gasteiger partial charge on any atom is 0.256 e. The van der Waals surface area contributed by atoms with Gasteiger partial charge in [0.05, 0.1) is 23.3 Å². The van der Waals surface area contributed by atoms with Crippen LogP contribution in [0.2, 0.25) is 0 Å². The molecule has 1 aromatic heterocycles. The maximum atomic E-state index is 11.2. The van der Waals surface area contributed by atoms with Gasteiger partial charge >= 0.3 is 0 Å². The monoisotopic (exact) mass is 243 g/mol. The molecule has 0 unspecified atom stereocenters. The number of hydrazone groups is 1. The minimum Gasteiger partial charge on any atom is -0.320 e. The van der Waals surface area contributed by atoms with Crippen molar-refractivity contribution in [2.45, 2.75) is 13.0 Å². The van der Waals surface area contributed by atoms with E-state index in [4.69, 9.17) is 5.73 Å². The Balaban J connectivity index is 2.12. The van der Waals surface area contributed by atoms with Crippen molar-refractivity contribution in [1.82, 2.24) is 15.4 Å². The van der Waals surface area contributed by atoms with Gasteiger partial charge < -0.3 is 5.73 Å². The van der Waals surface area contributed by atoms with Crippen LogP contribution in [-0.4, -0.2) is 28.1 Å². The number of benzene rings is 1. The molecule has 2 rings (SSSR count). The van der Waals surface area contributed by atoms with Crippen LogP contribution in [0, 0.1) is 0 Å². The fraction of sp³-hybridized carbons (Fsp3) is 0.167. The third kappa shape index (κ3) is 2.86. The molecule has 0 aliphatic heterocycles. The molecule has 18 heavy (non-hydrogen) atoms. The highest BCUT2D eigenvalue weighted by Crippen LogP contribution is 2.08. The van der Waals surface area contributed by atoms with E-state index in [1.165, 1.54) is 6.21 Å². The van der Waals surface area contributed by atoms with Gasteiger partial charge in [-0.05, 0) is 24.6 Å². The summed E-state index contributed by atoms with van der Waals surface area (Å²) in [6.07, 6.45) is 4.80. The summed E-state index contributed by atoms with van der Waals surface area (Å²) in [5.74, 6) is -0.327.